The van der Waals surface area contributed by atoms with Crippen molar-refractivity contribution >= 4 is 18.2 Å². The van der Waals surface area contributed by atoms with E-state index in [4.69, 9.17) is 14.2 Å². The van der Waals surface area contributed by atoms with Crippen molar-refractivity contribution < 1.29 is 23.8 Å². The third-order valence-electron chi connectivity index (χ3n) is 9.39. The summed E-state index contributed by atoms with van der Waals surface area (Å²) in [7, 11) is 3.56. The predicted molar refractivity (Wildman–Crippen MR) is 157 cm³/mol. The molecule has 10 heteroatoms. The van der Waals surface area contributed by atoms with Gasteiger partial charge in [-0.15, -0.1) is 0 Å². The number of methoxy groups -OCH3 is 1. The molecule has 0 radical (unpaired) electrons. The minimum absolute atomic E-state index is 0.106. The molecule has 5 rings (SSSR count). The second-order valence-corrected chi connectivity index (χ2v) is 12.3. The highest BCUT2D eigenvalue weighted by atomic mass is 16.7. The Morgan fingerprint density at radius 3 is 2.90 bits per heavy atom. The molecule has 0 aromatic carbocycles. The maximum atomic E-state index is 14.0. The molecule has 2 unspecified atom stereocenters. The SMILES string of the molecule is CCCCN(C(=O)CN1C[C@H](C2C=C3OCOC3=C(OC)C2)C[C@@H]1CCN1CCCN(C)C1=O)C1(C)C=CC=NC1. The molecule has 1 aliphatic carbocycles. The summed E-state index contributed by atoms with van der Waals surface area (Å²) in [5.41, 5.74) is -0.414. The second kappa shape index (κ2) is 12.9. The summed E-state index contributed by atoms with van der Waals surface area (Å²) in [6.07, 6.45) is 13.6. The fraction of sp³-hybridized carbons (Fsp3) is 0.710. The Kier molecular flexibility index (Phi) is 9.26. The van der Waals surface area contributed by atoms with Crippen molar-refractivity contribution in [3.05, 3.63) is 35.5 Å². The lowest BCUT2D eigenvalue weighted by molar-refractivity contribution is -0.137. The van der Waals surface area contributed by atoms with Gasteiger partial charge < -0.3 is 28.9 Å². The monoisotopic (exact) mass is 569 g/mol. The van der Waals surface area contributed by atoms with E-state index in [0.29, 0.717) is 25.6 Å². The Labute approximate surface area is 244 Å². The molecule has 10 nitrogen and oxygen atoms in total. The topological polar surface area (TPSA) is 87.2 Å². The zero-order valence-corrected chi connectivity index (χ0v) is 25.2. The number of carbonyl (C=O) groups is 2. The number of aliphatic imine (C=N–C) groups is 1. The lowest BCUT2D eigenvalue weighted by atomic mass is 9.83. The first-order chi connectivity index (χ1) is 19.8. The summed E-state index contributed by atoms with van der Waals surface area (Å²) in [6, 6.07) is 0.315. The minimum Gasteiger partial charge on any atom is -0.497 e. The van der Waals surface area contributed by atoms with Crippen LogP contribution in [0.1, 0.15) is 52.4 Å². The molecule has 41 heavy (non-hydrogen) atoms. The number of hydrogen-bond donors (Lipinski definition) is 0. The Morgan fingerprint density at radius 1 is 1.29 bits per heavy atom. The van der Waals surface area contributed by atoms with Crippen LogP contribution in [0.25, 0.3) is 0 Å². The van der Waals surface area contributed by atoms with E-state index in [1.165, 1.54) is 0 Å². The molecule has 0 aromatic rings. The molecule has 0 bridgehead atoms. The van der Waals surface area contributed by atoms with Crippen molar-refractivity contribution in [2.75, 3.05) is 66.8 Å². The zero-order chi connectivity index (χ0) is 29.0. The van der Waals surface area contributed by atoms with Crippen LogP contribution >= 0.6 is 0 Å². The number of urea groups is 1. The fourth-order valence-electron chi connectivity index (χ4n) is 6.96. The number of likely N-dealkylation sites (tertiary alicyclic amines) is 1. The van der Waals surface area contributed by atoms with E-state index in [0.717, 1.165) is 82.0 Å². The third-order valence-corrected chi connectivity index (χ3v) is 9.39. The van der Waals surface area contributed by atoms with Crippen LogP contribution in [-0.4, -0.2) is 116 Å². The summed E-state index contributed by atoms with van der Waals surface area (Å²) in [5, 5.41) is 0. The average molecular weight is 570 g/mol. The van der Waals surface area contributed by atoms with Crippen LogP contribution in [0.15, 0.2) is 40.5 Å². The zero-order valence-electron chi connectivity index (χ0n) is 25.2. The van der Waals surface area contributed by atoms with E-state index in [-0.39, 0.29) is 30.7 Å². The van der Waals surface area contributed by atoms with E-state index < -0.39 is 5.54 Å². The first-order valence-corrected chi connectivity index (χ1v) is 15.3. The summed E-state index contributed by atoms with van der Waals surface area (Å²) in [4.78, 5) is 39.5. The molecule has 4 aliphatic heterocycles. The van der Waals surface area contributed by atoms with Crippen molar-refractivity contribution in [1.29, 1.82) is 0 Å². The lowest BCUT2D eigenvalue weighted by Crippen LogP contribution is -2.55. The van der Waals surface area contributed by atoms with E-state index in [1.807, 2.05) is 34.0 Å². The minimum atomic E-state index is -0.414. The number of dihydropyridines is 1. The van der Waals surface area contributed by atoms with E-state index in [1.54, 1.807) is 7.11 Å². The predicted octanol–water partition coefficient (Wildman–Crippen LogP) is 3.62. The number of nitrogens with zero attached hydrogens (tertiary/aromatic N) is 5. The number of allylic oxidation sites excluding steroid dienone is 3. The van der Waals surface area contributed by atoms with E-state index >= 15 is 0 Å². The number of fused-ring (bicyclic) bond motifs is 1. The average Bonchev–Trinajstić information content (AvgIpc) is 3.61. The van der Waals surface area contributed by atoms with Crippen molar-refractivity contribution in [3.63, 3.8) is 0 Å². The number of unbranched alkanes of at least 4 members (excludes halogenated alkanes) is 1. The maximum Gasteiger partial charge on any atom is 0.319 e. The van der Waals surface area contributed by atoms with Crippen LogP contribution in [-0.2, 0) is 19.0 Å². The molecule has 4 atom stereocenters. The van der Waals surface area contributed by atoms with Gasteiger partial charge in [0, 0.05) is 58.4 Å². The Morgan fingerprint density at radius 2 is 2.15 bits per heavy atom. The van der Waals surface area contributed by atoms with Crippen LogP contribution in [0.2, 0.25) is 0 Å². The van der Waals surface area contributed by atoms with Gasteiger partial charge in [-0.1, -0.05) is 19.4 Å². The third kappa shape index (κ3) is 6.42. The first kappa shape index (κ1) is 29.5. The summed E-state index contributed by atoms with van der Waals surface area (Å²) < 4.78 is 17.1. The highest BCUT2D eigenvalue weighted by Crippen LogP contribution is 2.41. The van der Waals surface area contributed by atoms with Gasteiger partial charge in [-0.2, -0.15) is 0 Å². The quantitative estimate of drug-likeness (QED) is 0.378. The number of amides is 3. The van der Waals surface area contributed by atoms with Crippen LogP contribution in [0.4, 0.5) is 4.79 Å². The lowest BCUT2D eigenvalue weighted by Gasteiger charge is -2.41. The summed E-state index contributed by atoms with van der Waals surface area (Å²) >= 11 is 0. The molecule has 3 amide bonds. The highest BCUT2D eigenvalue weighted by molar-refractivity contribution is 5.81. The van der Waals surface area contributed by atoms with E-state index in [9.17, 15) is 9.59 Å². The molecule has 3 fully saturated rings. The first-order valence-electron chi connectivity index (χ1n) is 15.3. The van der Waals surface area contributed by atoms with Gasteiger partial charge in [0.15, 0.2) is 5.76 Å². The Hall–Kier alpha value is -3.01. The molecule has 0 saturated carbocycles. The van der Waals surface area contributed by atoms with Crippen LogP contribution in [0, 0.1) is 11.8 Å². The Balaban J connectivity index is 1.32. The highest BCUT2D eigenvalue weighted by Gasteiger charge is 2.42. The molecule has 0 spiro atoms. The molecule has 4 heterocycles. The molecule has 0 N–H and O–H groups in total. The van der Waals surface area contributed by atoms with Crippen molar-refractivity contribution in [2.24, 2.45) is 16.8 Å². The molecular formula is C31H47N5O5. The Bertz CT molecular complexity index is 1100. The summed E-state index contributed by atoms with van der Waals surface area (Å²) in [5.74, 6) is 3.06. The van der Waals surface area contributed by atoms with Crippen LogP contribution in [0.5, 0.6) is 0 Å². The van der Waals surface area contributed by atoms with Gasteiger partial charge in [0.2, 0.25) is 18.5 Å². The molecule has 5 aliphatic rings. The normalized spacial score (nSPS) is 29.8. The molecule has 3 saturated heterocycles. The van der Waals surface area contributed by atoms with Crippen LogP contribution < -0.4 is 0 Å². The van der Waals surface area contributed by atoms with Crippen molar-refractivity contribution in [1.82, 2.24) is 19.6 Å². The van der Waals surface area contributed by atoms with Crippen molar-refractivity contribution in [2.45, 2.75) is 64.0 Å². The molecule has 226 valence electrons. The number of carbonyl (C=O) groups excluding carboxylic acids is 2. The number of ether oxygens (including phenoxy) is 3. The second-order valence-electron chi connectivity index (χ2n) is 12.3. The van der Waals surface area contributed by atoms with Crippen LogP contribution in [0.3, 0.4) is 0 Å². The van der Waals surface area contributed by atoms with Gasteiger partial charge in [-0.3, -0.25) is 14.7 Å². The van der Waals surface area contributed by atoms with E-state index in [2.05, 4.69) is 35.9 Å². The van der Waals surface area contributed by atoms with Gasteiger partial charge in [0.1, 0.15) is 5.76 Å². The van der Waals surface area contributed by atoms with Gasteiger partial charge >= 0.3 is 6.03 Å². The maximum absolute atomic E-state index is 14.0. The largest absolute Gasteiger partial charge is 0.497 e. The van der Waals surface area contributed by atoms with Gasteiger partial charge in [-0.25, -0.2) is 4.79 Å². The van der Waals surface area contributed by atoms with Gasteiger partial charge in [0.05, 0.1) is 25.7 Å². The van der Waals surface area contributed by atoms with Gasteiger partial charge in [-0.05, 0) is 56.6 Å². The standard InChI is InChI=1S/C31H47N5O5/c1-5-6-14-36(31(2)10-7-11-32-21-31)28(37)20-35-19-24(23-17-26(39-4)29-27(18-23)40-22-41-29)16-25(35)9-15-34-13-8-12-33(3)30(34)38/h7,10-11,18,23-25H,5-6,8-9,12-17,19-22H2,1-4H3/t23?,24-,25+,31?/m1/s1. The molecular weight excluding hydrogens is 522 g/mol. The summed E-state index contributed by atoms with van der Waals surface area (Å²) in [6.45, 7) is 9.30. The molecule has 0 aromatic heterocycles. The smallest absolute Gasteiger partial charge is 0.319 e. The fourth-order valence-corrected chi connectivity index (χ4v) is 6.96. The van der Waals surface area contributed by atoms with Crippen molar-refractivity contribution in [3.8, 4) is 0 Å². The van der Waals surface area contributed by atoms with Gasteiger partial charge in [0.25, 0.3) is 0 Å². The number of hydrogen-bond acceptors (Lipinski definition) is 7. The number of rotatable bonds is 11.